The molecule has 41 valence electrons. The van der Waals surface area contributed by atoms with Gasteiger partial charge in [-0.25, -0.2) is 5.84 Å². The van der Waals surface area contributed by atoms with Crippen LogP contribution in [-0.2, 0) is 21.9 Å². The summed E-state index contributed by atoms with van der Waals surface area (Å²) in [6, 6.07) is 0. The Labute approximate surface area is 46.7 Å². The zero-order valence-corrected chi connectivity index (χ0v) is 4.23. The summed E-state index contributed by atoms with van der Waals surface area (Å²) in [4.78, 5) is 9.58. The molecule has 0 heterocycles. The first-order chi connectivity index (χ1) is 2.27. The smallest absolute Gasteiger partial charge is 0.230 e. The van der Waals surface area contributed by atoms with Crippen LogP contribution in [0.2, 0.25) is 0 Å². The van der Waals surface area contributed by atoms with Crippen molar-refractivity contribution >= 4 is 5.91 Å². The Morgan fingerprint density at radius 2 is 2.00 bits per heavy atom. The summed E-state index contributed by atoms with van der Waals surface area (Å²) in [6.07, 6.45) is 0. The van der Waals surface area contributed by atoms with Gasteiger partial charge >= 0.3 is 0 Å². The number of amides is 1. The Bertz CT molecular complexity index is 46.8. The Kier molecular flexibility index (Phi) is 7.71. The molecule has 0 aliphatic rings. The molecular formula is C2H6CuN2O. The van der Waals surface area contributed by atoms with Gasteiger partial charge in [-0.3, -0.25) is 10.2 Å². The van der Waals surface area contributed by atoms with Crippen molar-refractivity contribution in [2.45, 2.75) is 6.92 Å². The molecule has 0 spiro atoms. The molecule has 0 saturated heterocycles. The first-order valence-corrected chi connectivity index (χ1v) is 1.24. The SMILES string of the molecule is CC(=O)NN.[Cu]. The largest absolute Gasteiger partial charge is 0.295 e. The molecule has 0 aromatic rings. The monoisotopic (exact) mass is 137 g/mol. The fraction of sp³-hybridized carbons (Fsp3) is 0.500. The Morgan fingerprint density at radius 3 is 2.00 bits per heavy atom. The molecule has 0 aliphatic carbocycles. The molecule has 4 heteroatoms. The van der Waals surface area contributed by atoms with E-state index in [1.807, 2.05) is 5.43 Å². The fourth-order valence-electron chi connectivity index (χ4n) is 0. The molecule has 0 saturated carbocycles. The molecule has 1 amide bonds. The molecule has 0 fully saturated rings. The van der Waals surface area contributed by atoms with Crippen molar-refractivity contribution in [1.29, 1.82) is 0 Å². The van der Waals surface area contributed by atoms with Crippen molar-refractivity contribution in [3.8, 4) is 0 Å². The van der Waals surface area contributed by atoms with Crippen molar-refractivity contribution in [3.63, 3.8) is 0 Å². The van der Waals surface area contributed by atoms with E-state index in [0.717, 1.165) is 0 Å². The van der Waals surface area contributed by atoms with Crippen LogP contribution in [0, 0.1) is 0 Å². The quantitative estimate of drug-likeness (QED) is 0.195. The first-order valence-electron chi connectivity index (χ1n) is 1.24. The van der Waals surface area contributed by atoms with Crippen molar-refractivity contribution in [2.24, 2.45) is 5.84 Å². The topological polar surface area (TPSA) is 55.1 Å². The van der Waals surface area contributed by atoms with Crippen LogP contribution in [0.15, 0.2) is 0 Å². The van der Waals surface area contributed by atoms with Crippen LogP contribution in [0.4, 0.5) is 0 Å². The van der Waals surface area contributed by atoms with Gasteiger partial charge in [0.15, 0.2) is 0 Å². The number of nitrogens with one attached hydrogen (secondary N) is 1. The molecule has 0 aromatic heterocycles. The van der Waals surface area contributed by atoms with Crippen molar-refractivity contribution in [3.05, 3.63) is 0 Å². The first kappa shape index (κ1) is 9.34. The molecule has 1 radical (unpaired) electrons. The molecule has 6 heavy (non-hydrogen) atoms. The number of hydrazine groups is 1. The Morgan fingerprint density at radius 1 is 1.83 bits per heavy atom. The summed E-state index contributed by atoms with van der Waals surface area (Å²) in [5.74, 6) is 4.35. The number of hydrogen-bond acceptors (Lipinski definition) is 2. The summed E-state index contributed by atoms with van der Waals surface area (Å²) in [5, 5.41) is 0. The zero-order chi connectivity index (χ0) is 4.28. The van der Waals surface area contributed by atoms with Gasteiger partial charge < -0.3 is 0 Å². The maximum atomic E-state index is 9.58. The van der Waals surface area contributed by atoms with Gasteiger partial charge in [-0.2, -0.15) is 0 Å². The molecule has 3 nitrogen and oxygen atoms in total. The van der Waals surface area contributed by atoms with Crippen LogP contribution in [0.1, 0.15) is 6.92 Å². The number of rotatable bonds is 0. The van der Waals surface area contributed by atoms with Crippen LogP contribution < -0.4 is 11.3 Å². The van der Waals surface area contributed by atoms with Crippen LogP contribution in [0.5, 0.6) is 0 Å². The second-order valence-corrected chi connectivity index (χ2v) is 0.701. The van der Waals surface area contributed by atoms with Gasteiger partial charge in [0.05, 0.1) is 0 Å². The van der Waals surface area contributed by atoms with Gasteiger partial charge in [0, 0.05) is 24.0 Å². The predicted octanol–water partition coefficient (Wildman–Crippen LogP) is -1.01. The molecule has 0 atom stereocenters. The Balaban J connectivity index is 0. The van der Waals surface area contributed by atoms with Crippen LogP contribution in [0.25, 0.3) is 0 Å². The van der Waals surface area contributed by atoms with Crippen LogP contribution >= 0.6 is 0 Å². The minimum atomic E-state index is -0.218. The Hall–Kier alpha value is -0.0505. The third-order valence-corrected chi connectivity index (χ3v) is 0.203. The van der Waals surface area contributed by atoms with E-state index >= 15 is 0 Å². The zero-order valence-electron chi connectivity index (χ0n) is 3.29. The van der Waals surface area contributed by atoms with Gasteiger partial charge in [-0.05, 0) is 0 Å². The maximum absolute atomic E-state index is 9.58. The van der Waals surface area contributed by atoms with E-state index in [9.17, 15) is 4.79 Å². The minimum Gasteiger partial charge on any atom is -0.295 e. The van der Waals surface area contributed by atoms with Gasteiger partial charge in [0.2, 0.25) is 5.91 Å². The van der Waals surface area contributed by atoms with Crippen LogP contribution in [-0.4, -0.2) is 5.91 Å². The second kappa shape index (κ2) is 4.95. The van der Waals surface area contributed by atoms with E-state index in [2.05, 4.69) is 5.84 Å². The minimum absolute atomic E-state index is 0. The summed E-state index contributed by atoms with van der Waals surface area (Å²) in [6.45, 7) is 1.35. The van der Waals surface area contributed by atoms with Crippen molar-refractivity contribution < 1.29 is 21.9 Å². The van der Waals surface area contributed by atoms with Crippen molar-refractivity contribution in [1.82, 2.24) is 5.43 Å². The number of hydrogen-bond donors (Lipinski definition) is 2. The van der Waals surface area contributed by atoms with Gasteiger partial charge in [0.25, 0.3) is 0 Å². The predicted molar refractivity (Wildman–Crippen MR) is 18.0 cm³/mol. The maximum Gasteiger partial charge on any atom is 0.230 e. The standard InChI is InChI=1S/C2H6N2O.Cu/c1-2(5)4-3;/h3H2,1H3,(H,4,5);. The normalized spacial score (nSPS) is 5.67. The number of carbonyl (C=O) groups excluding carboxylic acids is 1. The molecule has 3 N–H and O–H groups in total. The van der Waals surface area contributed by atoms with Crippen LogP contribution in [0.3, 0.4) is 0 Å². The molecule has 0 bridgehead atoms. The summed E-state index contributed by atoms with van der Waals surface area (Å²) in [5.41, 5.74) is 1.89. The van der Waals surface area contributed by atoms with E-state index in [1.165, 1.54) is 6.92 Å². The van der Waals surface area contributed by atoms with Crippen molar-refractivity contribution in [2.75, 3.05) is 0 Å². The van der Waals surface area contributed by atoms with E-state index in [4.69, 9.17) is 0 Å². The summed E-state index contributed by atoms with van der Waals surface area (Å²) >= 11 is 0. The van der Waals surface area contributed by atoms with E-state index in [-0.39, 0.29) is 23.0 Å². The van der Waals surface area contributed by atoms with E-state index in [0.29, 0.717) is 0 Å². The average Bonchev–Trinajstić information content (AvgIpc) is 1.38. The van der Waals surface area contributed by atoms with E-state index in [1.54, 1.807) is 0 Å². The third kappa shape index (κ3) is 9.04. The molecule has 0 aliphatic heterocycles. The summed E-state index contributed by atoms with van der Waals surface area (Å²) in [7, 11) is 0. The fourth-order valence-corrected chi connectivity index (χ4v) is 0. The molecule has 0 unspecified atom stereocenters. The van der Waals surface area contributed by atoms with Gasteiger partial charge in [-0.1, -0.05) is 0 Å². The van der Waals surface area contributed by atoms with Gasteiger partial charge in [-0.15, -0.1) is 0 Å². The molecule has 0 rings (SSSR count). The third-order valence-electron chi connectivity index (χ3n) is 0.203. The number of carbonyl (C=O) groups is 1. The molecular weight excluding hydrogens is 132 g/mol. The summed E-state index contributed by atoms with van der Waals surface area (Å²) < 4.78 is 0. The number of nitrogens with two attached hydrogens (primary N) is 1. The van der Waals surface area contributed by atoms with Gasteiger partial charge in [0.1, 0.15) is 0 Å². The molecule has 0 aromatic carbocycles. The average molecular weight is 138 g/mol. The van der Waals surface area contributed by atoms with E-state index < -0.39 is 0 Å². The second-order valence-electron chi connectivity index (χ2n) is 0.701.